The average molecular weight is 291 g/mol. The van der Waals surface area contributed by atoms with Gasteiger partial charge in [0.05, 0.1) is 0 Å². The Bertz CT molecular complexity index is 506. The standard InChI is InChI=1S/C15H21N3O3/c1-12-10-17(9-8-16(12)2)15(21)18(11-14(19)20)13-6-4-3-5-7-13/h3-7,12H,8-11H2,1-2H3,(H,19,20). The van der Waals surface area contributed by atoms with Crippen molar-refractivity contribution in [2.45, 2.75) is 13.0 Å². The highest BCUT2D eigenvalue weighted by Gasteiger charge is 2.29. The van der Waals surface area contributed by atoms with Crippen molar-refractivity contribution in [1.29, 1.82) is 0 Å². The monoisotopic (exact) mass is 291 g/mol. The number of urea groups is 1. The fourth-order valence-electron chi connectivity index (χ4n) is 2.41. The lowest BCUT2D eigenvalue weighted by Crippen LogP contribution is -2.56. The lowest BCUT2D eigenvalue weighted by atomic mass is 10.2. The molecule has 0 saturated carbocycles. The Kier molecular flexibility index (Phi) is 4.80. The number of nitrogens with zero attached hydrogens (tertiary/aromatic N) is 3. The van der Waals surface area contributed by atoms with Crippen LogP contribution in [0.1, 0.15) is 6.92 Å². The summed E-state index contributed by atoms with van der Waals surface area (Å²) < 4.78 is 0. The molecule has 2 rings (SSSR count). The van der Waals surface area contributed by atoms with Crippen LogP contribution in [0, 0.1) is 0 Å². The average Bonchev–Trinajstić information content (AvgIpc) is 2.47. The third-order valence-corrected chi connectivity index (χ3v) is 3.82. The lowest BCUT2D eigenvalue weighted by molar-refractivity contribution is -0.135. The number of benzene rings is 1. The zero-order valence-electron chi connectivity index (χ0n) is 12.4. The molecule has 1 aliphatic rings. The number of para-hydroxylation sites is 1. The molecule has 114 valence electrons. The number of likely N-dealkylation sites (N-methyl/N-ethyl adjacent to an activating group) is 1. The number of aliphatic carboxylic acids is 1. The van der Waals surface area contributed by atoms with Gasteiger partial charge in [-0.3, -0.25) is 9.69 Å². The molecule has 1 aliphatic heterocycles. The molecule has 1 saturated heterocycles. The van der Waals surface area contributed by atoms with Gasteiger partial charge in [0.25, 0.3) is 0 Å². The third kappa shape index (κ3) is 3.72. The molecule has 0 aliphatic carbocycles. The maximum absolute atomic E-state index is 12.7. The van der Waals surface area contributed by atoms with Gasteiger partial charge in [0.1, 0.15) is 6.54 Å². The number of amides is 2. The van der Waals surface area contributed by atoms with E-state index in [1.807, 2.05) is 13.1 Å². The largest absolute Gasteiger partial charge is 0.480 e. The Morgan fingerprint density at radius 3 is 2.52 bits per heavy atom. The molecule has 6 heteroatoms. The molecule has 1 aromatic carbocycles. The molecular weight excluding hydrogens is 270 g/mol. The maximum Gasteiger partial charge on any atom is 0.325 e. The molecule has 1 aromatic rings. The first-order valence-electron chi connectivity index (χ1n) is 7.02. The summed E-state index contributed by atoms with van der Waals surface area (Å²) in [5.41, 5.74) is 0.608. The number of carbonyl (C=O) groups is 2. The van der Waals surface area contributed by atoms with Crippen LogP contribution in [0.5, 0.6) is 0 Å². The molecule has 1 fully saturated rings. The van der Waals surface area contributed by atoms with Gasteiger partial charge >= 0.3 is 12.0 Å². The zero-order chi connectivity index (χ0) is 15.4. The van der Waals surface area contributed by atoms with Gasteiger partial charge < -0.3 is 14.9 Å². The number of hydrogen-bond acceptors (Lipinski definition) is 3. The van der Waals surface area contributed by atoms with Crippen molar-refractivity contribution in [3.8, 4) is 0 Å². The molecule has 1 heterocycles. The van der Waals surface area contributed by atoms with E-state index in [-0.39, 0.29) is 18.6 Å². The van der Waals surface area contributed by atoms with Crippen LogP contribution in [0.4, 0.5) is 10.5 Å². The van der Waals surface area contributed by atoms with Crippen LogP contribution < -0.4 is 4.90 Å². The van der Waals surface area contributed by atoms with Crippen LogP contribution in [0.3, 0.4) is 0 Å². The predicted octanol–water partition coefficient (Wildman–Crippen LogP) is 1.33. The van der Waals surface area contributed by atoms with Crippen LogP contribution in [0.2, 0.25) is 0 Å². The number of carboxylic acids is 1. The number of hydrogen-bond donors (Lipinski definition) is 1. The molecule has 2 amide bonds. The summed E-state index contributed by atoms with van der Waals surface area (Å²) >= 11 is 0. The third-order valence-electron chi connectivity index (χ3n) is 3.82. The van der Waals surface area contributed by atoms with E-state index in [1.54, 1.807) is 29.2 Å². The second-order valence-electron chi connectivity index (χ2n) is 5.37. The highest BCUT2D eigenvalue weighted by Crippen LogP contribution is 2.17. The van der Waals surface area contributed by atoms with E-state index in [9.17, 15) is 9.59 Å². The first-order chi connectivity index (χ1) is 9.99. The molecule has 6 nitrogen and oxygen atoms in total. The topological polar surface area (TPSA) is 64.1 Å². The second kappa shape index (κ2) is 6.58. The summed E-state index contributed by atoms with van der Waals surface area (Å²) in [7, 11) is 2.03. The molecule has 1 atom stereocenters. The summed E-state index contributed by atoms with van der Waals surface area (Å²) in [5, 5.41) is 9.07. The highest BCUT2D eigenvalue weighted by atomic mass is 16.4. The summed E-state index contributed by atoms with van der Waals surface area (Å²) in [5.74, 6) is -1.02. The van der Waals surface area contributed by atoms with Gasteiger partial charge in [-0.1, -0.05) is 18.2 Å². The van der Waals surface area contributed by atoms with Crippen LogP contribution in [0.25, 0.3) is 0 Å². The first kappa shape index (κ1) is 15.3. The Morgan fingerprint density at radius 1 is 1.29 bits per heavy atom. The van der Waals surface area contributed by atoms with E-state index in [1.165, 1.54) is 4.90 Å². The van der Waals surface area contributed by atoms with Gasteiger partial charge in [0.15, 0.2) is 0 Å². The normalized spacial score (nSPS) is 19.3. The first-order valence-corrected chi connectivity index (χ1v) is 7.02. The highest BCUT2D eigenvalue weighted by molar-refractivity contribution is 5.96. The van der Waals surface area contributed by atoms with Crippen molar-refractivity contribution in [3.05, 3.63) is 30.3 Å². The lowest BCUT2D eigenvalue weighted by Gasteiger charge is -2.39. The van der Waals surface area contributed by atoms with Gasteiger partial charge in [-0.2, -0.15) is 0 Å². The minimum Gasteiger partial charge on any atom is -0.480 e. The van der Waals surface area contributed by atoms with E-state index in [0.29, 0.717) is 18.8 Å². The van der Waals surface area contributed by atoms with Crippen LogP contribution in [-0.4, -0.2) is 66.2 Å². The molecule has 21 heavy (non-hydrogen) atoms. The molecule has 0 aromatic heterocycles. The van der Waals surface area contributed by atoms with Gasteiger partial charge in [-0.25, -0.2) is 4.79 Å². The van der Waals surface area contributed by atoms with Crippen molar-refractivity contribution >= 4 is 17.7 Å². The second-order valence-corrected chi connectivity index (χ2v) is 5.37. The van der Waals surface area contributed by atoms with Gasteiger partial charge in [-0.05, 0) is 26.1 Å². The van der Waals surface area contributed by atoms with Crippen molar-refractivity contribution < 1.29 is 14.7 Å². The molecule has 1 N–H and O–H groups in total. The van der Waals surface area contributed by atoms with E-state index in [0.717, 1.165) is 6.54 Å². The molecule has 0 radical (unpaired) electrons. The minimum atomic E-state index is -1.02. The smallest absolute Gasteiger partial charge is 0.325 e. The van der Waals surface area contributed by atoms with Crippen LogP contribution in [0.15, 0.2) is 30.3 Å². The Balaban J connectivity index is 2.17. The van der Waals surface area contributed by atoms with E-state index >= 15 is 0 Å². The number of anilines is 1. The van der Waals surface area contributed by atoms with Gasteiger partial charge in [-0.15, -0.1) is 0 Å². The minimum absolute atomic E-state index is 0.247. The molecule has 0 spiro atoms. The Labute approximate surface area is 124 Å². The van der Waals surface area contributed by atoms with Crippen molar-refractivity contribution in [2.24, 2.45) is 0 Å². The Morgan fingerprint density at radius 2 is 1.95 bits per heavy atom. The summed E-state index contributed by atoms with van der Waals surface area (Å²) in [4.78, 5) is 29.0. The molecular formula is C15H21N3O3. The summed E-state index contributed by atoms with van der Waals surface area (Å²) in [6.07, 6.45) is 0. The van der Waals surface area contributed by atoms with Gasteiger partial charge in [0.2, 0.25) is 0 Å². The van der Waals surface area contributed by atoms with Gasteiger partial charge in [0, 0.05) is 31.4 Å². The van der Waals surface area contributed by atoms with E-state index < -0.39 is 5.97 Å². The van der Waals surface area contributed by atoms with E-state index in [4.69, 9.17) is 5.11 Å². The van der Waals surface area contributed by atoms with E-state index in [2.05, 4.69) is 11.8 Å². The Hall–Kier alpha value is -2.08. The maximum atomic E-state index is 12.7. The van der Waals surface area contributed by atoms with Crippen LogP contribution >= 0.6 is 0 Å². The SMILES string of the molecule is CC1CN(C(=O)N(CC(=O)O)c2ccccc2)CCN1C. The molecule has 1 unspecified atom stereocenters. The van der Waals surface area contributed by atoms with Crippen molar-refractivity contribution in [3.63, 3.8) is 0 Å². The predicted molar refractivity (Wildman–Crippen MR) is 80.5 cm³/mol. The number of piperazine rings is 1. The number of carbonyl (C=O) groups excluding carboxylic acids is 1. The van der Waals surface area contributed by atoms with Crippen molar-refractivity contribution in [1.82, 2.24) is 9.80 Å². The fourth-order valence-corrected chi connectivity index (χ4v) is 2.41. The summed E-state index contributed by atoms with van der Waals surface area (Å²) in [6, 6.07) is 8.95. The summed E-state index contributed by atoms with van der Waals surface area (Å²) in [6.45, 7) is 3.75. The van der Waals surface area contributed by atoms with Crippen LogP contribution in [-0.2, 0) is 4.79 Å². The number of carboxylic acid groups (broad SMARTS) is 1. The zero-order valence-corrected chi connectivity index (χ0v) is 12.4. The fraction of sp³-hybridized carbons (Fsp3) is 0.467. The number of rotatable bonds is 3. The quantitative estimate of drug-likeness (QED) is 0.912. The van der Waals surface area contributed by atoms with Crippen molar-refractivity contribution in [2.75, 3.05) is 38.1 Å². The molecule has 0 bridgehead atoms.